The molecule has 0 amide bonds. The van der Waals surface area contributed by atoms with Gasteiger partial charge in [-0.3, -0.25) is 0 Å². The van der Waals surface area contributed by atoms with Gasteiger partial charge in [-0.15, -0.1) is 0 Å². The van der Waals surface area contributed by atoms with Gasteiger partial charge in [0.05, 0.1) is 11.1 Å². The van der Waals surface area contributed by atoms with Crippen LogP contribution in [-0.4, -0.2) is 4.98 Å². The van der Waals surface area contributed by atoms with Crippen LogP contribution in [0.5, 0.6) is 0 Å². The van der Waals surface area contributed by atoms with Crippen molar-refractivity contribution < 1.29 is 4.39 Å². The Labute approximate surface area is 122 Å². The Kier molecular flexibility index (Phi) is 3.30. The summed E-state index contributed by atoms with van der Waals surface area (Å²) < 4.78 is 13.4. The summed E-state index contributed by atoms with van der Waals surface area (Å²) in [4.78, 5) is 4.06. The molecule has 1 fully saturated rings. The minimum Gasteiger partial charge on any atom is -0.383 e. The quantitative estimate of drug-likeness (QED) is 0.815. The molecule has 1 aliphatic carbocycles. The lowest BCUT2D eigenvalue weighted by molar-refractivity contribution is 0.624. The van der Waals surface area contributed by atoms with Gasteiger partial charge in [0.25, 0.3) is 0 Å². The maximum atomic E-state index is 13.4. The standard InChI is InChI=1S/C17H12FN3/c18-16-6-4-12(9-13(16)10-19)14-7-8-21-17(20)15(14)5-3-11-1-2-11/h4,6-9,11H,1-2H2,(H2,20,21). The molecule has 0 aliphatic heterocycles. The summed E-state index contributed by atoms with van der Waals surface area (Å²) in [6.07, 6.45) is 3.83. The van der Waals surface area contributed by atoms with Gasteiger partial charge in [0, 0.05) is 17.7 Å². The van der Waals surface area contributed by atoms with Gasteiger partial charge >= 0.3 is 0 Å². The van der Waals surface area contributed by atoms with Gasteiger partial charge in [-0.1, -0.05) is 17.9 Å². The molecule has 4 heteroatoms. The van der Waals surface area contributed by atoms with Crippen molar-refractivity contribution in [1.29, 1.82) is 5.26 Å². The van der Waals surface area contributed by atoms with Crippen molar-refractivity contribution in [3.63, 3.8) is 0 Å². The molecule has 1 aromatic carbocycles. The Balaban J connectivity index is 2.12. The Morgan fingerprint density at radius 2 is 2.10 bits per heavy atom. The molecule has 1 aromatic heterocycles. The number of anilines is 1. The Bertz CT molecular complexity index is 805. The van der Waals surface area contributed by atoms with Crippen LogP contribution in [0.1, 0.15) is 24.0 Å². The molecule has 3 nitrogen and oxygen atoms in total. The predicted octanol–water partition coefficient (Wildman–Crippen LogP) is 3.10. The first-order valence-electron chi connectivity index (χ1n) is 6.65. The Hall–Kier alpha value is -2.85. The molecule has 3 rings (SSSR count). The van der Waals surface area contributed by atoms with E-state index in [9.17, 15) is 4.39 Å². The molecule has 2 N–H and O–H groups in total. The number of hydrogen-bond donors (Lipinski definition) is 1. The molecule has 0 spiro atoms. The van der Waals surface area contributed by atoms with E-state index in [0.717, 1.165) is 18.4 Å². The van der Waals surface area contributed by atoms with Crippen molar-refractivity contribution >= 4 is 5.82 Å². The molecule has 0 radical (unpaired) electrons. The molecule has 0 unspecified atom stereocenters. The van der Waals surface area contributed by atoms with Gasteiger partial charge in [-0.05, 0) is 36.6 Å². The third kappa shape index (κ3) is 2.70. The van der Waals surface area contributed by atoms with E-state index in [1.807, 2.05) is 6.07 Å². The first-order valence-corrected chi connectivity index (χ1v) is 6.65. The fraction of sp³-hybridized carbons (Fsp3) is 0.176. The smallest absolute Gasteiger partial charge is 0.140 e. The highest BCUT2D eigenvalue weighted by atomic mass is 19.1. The average Bonchev–Trinajstić information content (AvgIpc) is 3.30. The van der Waals surface area contributed by atoms with Gasteiger partial charge in [0.15, 0.2) is 0 Å². The SMILES string of the molecule is N#Cc1cc(-c2ccnc(N)c2C#CC2CC2)ccc1F. The van der Waals surface area contributed by atoms with Crippen molar-refractivity contribution in [2.24, 2.45) is 5.92 Å². The number of nitrogens with two attached hydrogens (primary N) is 1. The maximum absolute atomic E-state index is 13.4. The highest BCUT2D eigenvalue weighted by molar-refractivity contribution is 5.76. The molecular weight excluding hydrogens is 265 g/mol. The topological polar surface area (TPSA) is 62.7 Å². The number of aromatic nitrogens is 1. The molecule has 1 aliphatic rings. The number of nitrogens with zero attached hydrogens (tertiary/aromatic N) is 2. The third-order valence-electron chi connectivity index (χ3n) is 3.36. The Morgan fingerprint density at radius 1 is 1.29 bits per heavy atom. The van der Waals surface area contributed by atoms with Gasteiger partial charge < -0.3 is 5.73 Å². The number of nitrogen functional groups attached to an aromatic ring is 1. The lowest BCUT2D eigenvalue weighted by Crippen LogP contribution is -1.97. The highest BCUT2D eigenvalue weighted by Gasteiger charge is 2.18. The van der Waals surface area contributed by atoms with E-state index in [4.69, 9.17) is 11.0 Å². The molecular formula is C17H12FN3. The molecule has 102 valence electrons. The first-order chi connectivity index (χ1) is 10.2. The van der Waals surface area contributed by atoms with E-state index < -0.39 is 5.82 Å². The summed E-state index contributed by atoms with van der Waals surface area (Å²) in [5, 5.41) is 8.94. The number of nitriles is 1. The van der Waals surface area contributed by atoms with E-state index >= 15 is 0 Å². The molecule has 21 heavy (non-hydrogen) atoms. The van der Waals surface area contributed by atoms with Crippen molar-refractivity contribution in [2.75, 3.05) is 5.73 Å². The number of pyridine rings is 1. The fourth-order valence-corrected chi connectivity index (χ4v) is 2.03. The largest absolute Gasteiger partial charge is 0.383 e. The second kappa shape index (κ2) is 5.26. The number of benzene rings is 1. The van der Waals surface area contributed by atoms with Crippen LogP contribution in [0.25, 0.3) is 11.1 Å². The molecule has 0 bridgehead atoms. The predicted molar refractivity (Wildman–Crippen MR) is 78.4 cm³/mol. The van der Waals surface area contributed by atoms with Gasteiger partial charge in [0.2, 0.25) is 0 Å². The number of hydrogen-bond acceptors (Lipinski definition) is 3. The van der Waals surface area contributed by atoms with Crippen LogP contribution in [-0.2, 0) is 0 Å². The summed E-state index contributed by atoms with van der Waals surface area (Å²) in [6, 6.07) is 8.03. The summed E-state index contributed by atoms with van der Waals surface area (Å²) in [5.41, 5.74) is 8.04. The van der Waals surface area contributed by atoms with Gasteiger partial charge in [-0.25, -0.2) is 9.37 Å². The van der Waals surface area contributed by atoms with Crippen LogP contribution in [0.3, 0.4) is 0 Å². The summed E-state index contributed by atoms with van der Waals surface area (Å²) in [5.74, 6) is 6.50. The van der Waals surface area contributed by atoms with Crippen LogP contribution >= 0.6 is 0 Å². The van der Waals surface area contributed by atoms with Crippen LogP contribution in [0, 0.1) is 34.9 Å². The minimum absolute atomic E-state index is 0.00369. The fourth-order valence-electron chi connectivity index (χ4n) is 2.03. The molecule has 1 saturated carbocycles. The summed E-state index contributed by atoms with van der Waals surface area (Å²) in [7, 11) is 0. The maximum Gasteiger partial charge on any atom is 0.140 e. The number of rotatable bonds is 1. The third-order valence-corrected chi connectivity index (χ3v) is 3.36. The average molecular weight is 277 g/mol. The van der Waals surface area contributed by atoms with Crippen molar-refractivity contribution in [1.82, 2.24) is 4.98 Å². The minimum atomic E-state index is -0.533. The van der Waals surface area contributed by atoms with Crippen LogP contribution in [0.2, 0.25) is 0 Å². The second-order valence-electron chi connectivity index (χ2n) is 4.97. The lowest BCUT2D eigenvalue weighted by atomic mass is 9.99. The lowest BCUT2D eigenvalue weighted by Gasteiger charge is -2.07. The van der Waals surface area contributed by atoms with E-state index in [-0.39, 0.29) is 5.56 Å². The van der Waals surface area contributed by atoms with Crippen molar-refractivity contribution in [2.45, 2.75) is 12.8 Å². The van der Waals surface area contributed by atoms with E-state index in [1.54, 1.807) is 18.3 Å². The first kappa shape index (κ1) is 13.1. The molecule has 1 heterocycles. The van der Waals surface area contributed by atoms with Crippen LogP contribution in [0.4, 0.5) is 10.2 Å². The van der Waals surface area contributed by atoms with Crippen LogP contribution < -0.4 is 5.73 Å². The monoisotopic (exact) mass is 277 g/mol. The second-order valence-corrected chi connectivity index (χ2v) is 4.97. The molecule has 0 atom stereocenters. The zero-order valence-electron chi connectivity index (χ0n) is 11.2. The molecule has 2 aromatic rings. The zero-order chi connectivity index (χ0) is 14.8. The van der Waals surface area contributed by atoms with Gasteiger partial charge in [0.1, 0.15) is 17.7 Å². The summed E-state index contributed by atoms with van der Waals surface area (Å²) in [6.45, 7) is 0. The Morgan fingerprint density at radius 3 is 2.81 bits per heavy atom. The summed E-state index contributed by atoms with van der Waals surface area (Å²) >= 11 is 0. The van der Waals surface area contributed by atoms with Crippen molar-refractivity contribution in [3.05, 3.63) is 47.4 Å². The number of halogens is 1. The highest BCUT2D eigenvalue weighted by Crippen LogP contribution is 2.30. The normalized spacial score (nSPS) is 13.1. The molecule has 0 saturated heterocycles. The van der Waals surface area contributed by atoms with E-state index in [2.05, 4.69) is 16.8 Å². The zero-order valence-corrected chi connectivity index (χ0v) is 11.2. The van der Waals surface area contributed by atoms with E-state index in [0.29, 0.717) is 22.9 Å². The van der Waals surface area contributed by atoms with E-state index in [1.165, 1.54) is 12.1 Å². The van der Waals surface area contributed by atoms with Gasteiger partial charge in [-0.2, -0.15) is 5.26 Å². The van der Waals surface area contributed by atoms with Crippen LogP contribution in [0.15, 0.2) is 30.5 Å². The van der Waals surface area contributed by atoms with Crippen molar-refractivity contribution in [3.8, 4) is 29.0 Å².